The highest BCUT2D eigenvalue weighted by Gasteiger charge is 2.13. The van der Waals surface area contributed by atoms with Crippen molar-refractivity contribution in [1.29, 1.82) is 0 Å². The third-order valence-corrected chi connectivity index (χ3v) is 2.06. The van der Waals surface area contributed by atoms with Crippen molar-refractivity contribution in [1.82, 2.24) is 20.6 Å². The highest BCUT2D eigenvalue weighted by Crippen LogP contribution is 1.95. The Labute approximate surface area is 98.8 Å². The summed E-state index contributed by atoms with van der Waals surface area (Å²) in [6.07, 6.45) is 1.65. The minimum absolute atomic E-state index is 0.413. The number of carbonyl (C=O) groups is 2. The molecule has 3 amide bonds. The number of hydrogen-bond donors (Lipinski definition) is 3. The van der Waals surface area contributed by atoms with Crippen molar-refractivity contribution >= 4 is 11.9 Å². The van der Waals surface area contributed by atoms with Gasteiger partial charge in [-0.2, -0.15) is 0 Å². The van der Waals surface area contributed by atoms with E-state index in [2.05, 4.69) is 15.3 Å². The van der Waals surface area contributed by atoms with E-state index in [4.69, 9.17) is 5.73 Å². The van der Waals surface area contributed by atoms with Crippen molar-refractivity contribution in [3.63, 3.8) is 0 Å². The molecule has 0 aliphatic heterocycles. The number of nitrogens with one attached hydrogen (secondary N) is 2. The largest absolute Gasteiger partial charge is 0.351 e. The maximum Gasteiger partial charge on any atom is 0.318 e. The van der Waals surface area contributed by atoms with Crippen LogP contribution in [0.3, 0.4) is 0 Å². The van der Waals surface area contributed by atoms with Crippen molar-refractivity contribution in [3.05, 3.63) is 23.8 Å². The van der Waals surface area contributed by atoms with Gasteiger partial charge in [-0.1, -0.05) is 0 Å². The summed E-state index contributed by atoms with van der Waals surface area (Å²) in [6, 6.07) is 0.359. The van der Waals surface area contributed by atoms with Crippen molar-refractivity contribution in [2.45, 2.75) is 26.4 Å². The van der Waals surface area contributed by atoms with Gasteiger partial charge in [0.25, 0.3) is 0 Å². The zero-order valence-corrected chi connectivity index (χ0v) is 9.73. The van der Waals surface area contributed by atoms with Gasteiger partial charge in [0.05, 0.1) is 11.7 Å². The number of aromatic nitrogens is 2. The van der Waals surface area contributed by atoms with Crippen LogP contribution in [0.2, 0.25) is 0 Å². The number of amides is 3. The van der Waals surface area contributed by atoms with Gasteiger partial charge in [0, 0.05) is 12.7 Å². The molecule has 1 unspecified atom stereocenters. The highest BCUT2D eigenvalue weighted by atomic mass is 16.2. The van der Waals surface area contributed by atoms with Crippen molar-refractivity contribution in [2.75, 3.05) is 0 Å². The standard InChI is InChI=1S/C10H15N5O2/c1-6(9(16)15-10(11)17)13-5-8-3-4-12-7(2)14-8/h3-4,6,13H,5H2,1-2H3,(H3,11,15,16,17). The highest BCUT2D eigenvalue weighted by molar-refractivity contribution is 5.96. The quantitative estimate of drug-likeness (QED) is 0.651. The molecule has 0 aliphatic carbocycles. The molecule has 0 bridgehead atoms. The van der Waals surface area contributed by atoms with Crippen LogP contribution < -0.4 is 16.4 Å². The van der Waals surface area contributed by atoms with Gasteiger partial charge >= 0.3 is 6.03 Å². The maximum absolute atomic E-state index is 11.3. The van der Waals surface area contributed by atoms with E-state index in [1.807, 2.05) is 5.32 Å². The summed E-state index contributed by atoms with van der Waals surface area (Å²) in [6.45, 7) is 3.83. The van der Waals surface area contributed by atoms with E-state index in [0.717, 1.165) is 5.69 Å². The maximum atomic E-state index is 11.3. The third kappa shape index (κ3) is 4.56. The van der Waals surface area contributed by atoms with Crippen LogP contribution in [0, 0.1) is 6.92 Å². The molecule has 1 aromatic rings. The van der Waals surface area contributed by atoms with Crippen molar-refractivity contribution in [3.8, 4) is 0 Å². The first kappa shape index (κ1) is 13.0. The number of primary amides is 1. The second kappa shape index (κ2) is 5.90. The molecule has 1 aromatic heterocycles. The van der Waals surface area contributed by atoms with Crippen LogP contribution in [0.25, 0.3) is 0 Å². The molecule has 0 aromatic carbocycles. The Kier molecular flexibility index (Phi) is 4.53. The number of hydrogen-bond acceptors (Lipinski definition) is 5. The van der Waals surface area contributed by atoms with Gasteiger partial charge in [-0.25, -0.2) is 14.8 Å². The lowest BCUT2D eigenvalue weighted by Gasteiger charge is -2.12. The molecular formula is C10H15N5O2. The van der Waals surface area contributed by atoms with Gasteiger partial charge in [0.1, 0.15) is 5.82 Å². The Morgan fingerprint density at radius 1 is 1.53 bits per heavy atom. The zero-order valence-electron chi connectivity index (χ0n) is 9.73. The van der Waals surface area contributed by atoms with Gasteiger partial charge in [-0.15, -0.1) is 0 Å². The fourth-order valence-corrected chi connectivity index (χ4v) is 1.18. The monoisotopic (exact) mass is 237 g/mol. The van der Waals surface area contributed by atoms with E-state index in [1.165, 1.54) is 0 Å². The van der Waals surface area contributed by atoms with Crippen LogP contribution >= 0.6 is 0 Å². The van der Waals surface area contributed by atoms with Crippen LogP contribution in [0.15, 0.2) is 12.3 Å². The molecule has 4 N–H and O–H groups in total. The zero-order chi connectivity index (χ0) is 12.8. The molecule has 7 nitrogen and oxygen atoms in total. The second-order valence-electron chi connectivity index (χ2n) is 3.55. The average molecular weight is 237 g/mol. The number of aryl methyl sites for hydroxylation is 1. The lowest BCUT2D eigenvalue weighted by molar-refractivity contribution is -0.121. The first-order chi connectivity index (χ1) is 7.99. The molecule has 0 saturated heterocycles. The molecule has 0 radical (unpaired) electrons. The molecule has 1 heterocycles. The van der Waals surface area contributed by atoms with E-state index in [0.29, 0.717) is 12.4 Å². The van der Waals surface area contributed by atoms with Gasteiger partial charge in [0.15, 0.2) is 0 Å². The Balaban J connectivity index is 2.45. The first-order valence-corrected chi connectivity index (χ1v) is 5.11. The Morgan fingerprint density at radius 2 is 2.24 bits per heavy atom. The molecule has 1 atom stereocenters. The fourth-order valence-electron chi connectivity index (χ4n) is 1.18. The van der Waals surface area contributed by atoms with Crippen molar-refractivity contribution < 1.29 is 9.59 Å². The Hall–Kier alpha value is -2.02. The lowest BCUT2D eigenvalue weighted by Crippen LogP contribution is -2.46. The third-order valence-electron chi connectivity index (χ3n) is 2.06. The fraction of sp³-hybridized carbons (Fsp3) is 0.400. The topological polar surface area (TPSA) is 110 Å². The van der Waals surface area contributed by atoms with Gasteiger partial charge < -0.3 is 11.1 Å². The summed E-state index contributed by atoms with van der Waals surface area (Å²) in [4.78, 5) is 29.9. The average Bonchev–Trinajstić information content (AvgIpc) is 2.25. The molecule has 92 valence electrons. The predicted octanol–water partition coefficient (Wildman–Crippen LogP) is -0.542. The lowest BCUT2D eigenvalue weighted by atomic mass is 10.3. The van der Waals surface area contributed by atoms with E-state index in [9.17, 15) is 9.59 Å². The first-order valence-electron chi connectivity index (χ1n) is 5.11. The molecule has 7 heteroatoms. The van der Waals surface area contributed by atoms with Gasteiger partial charge in [-0.05, 0) is 19.9 Å². The molecule has 0 spiro atoms. The van der Waals surface area contributed by atoms with Crippen LogP contribution in [0.4, 0.5) is 4.79 Å². The predicted molar refractivity (Wildman–Crippen MR) is 60.8 cm³/mol. The summed E-state index contributed by atoms with van der Waals surface area (Å²) >= 11 is 0. The number of nitrogens with two attached hydrogens (primary N) is 1. The molecule has 17 heavy (non-hydrogen) atoms. The molecular weight excluding hydrogens is 222 g/mol. The molecule has 0 fully saturated rings. The SMILES string of the molecule is Cc1nccc(CNC(C)C(=O)NC(N)=O)n1. The van der Waals surface area contributed by atoms with Crippen LogP contribution in [0.5, 0.6) is 0 Å². The number of nitrogens with zero attached hydrogens (tertiary/aromatic N) is 2. The molecule has 1 rings (SSSR count). The normalized spacial score (nSPS) is 11.9. The van der Waals surface area contributed by atoms with Gasteiger partial charge in [0.2, 0.25) is 5.91 Å². The van der Waals surface area contributed by atoms with Crippen LogP contribution in [-0.4, -0.2) is 27.9 Å². The van der Waals surface area contributed by atoms with Crippen LogP contribution in [-0.2, 0) is 11.3 Å². The molecule has 0 saturated carbocycles. The van der Waals surface area contributed by atoms with E-state index < -0.39 is 18.0 Å². The molecule has 0 aliphatic rings. The Bertz CT molecular complexity index is 421. The summed E-state index contributed by atoms with van der Waals surface area (Å²) in [7, 11) is 0. The minimum Gasteiger partial charge on any atom is -0.351 e. The van der Waals surface area contributed by atoms with Crippen LogP contribution in [0.1, 0.15) is 18.4 Å². The van der Waals surface area contributed by atoms with E-state index in [-0.39, 0.29) is 0 Å². The van der Waals surface area contributed by atoms with E-state index in [1.54, 1.807) is 26.1 Å². The van der Waals surface area contributed by atoms with Gasteiger partial charge in [-0.3, -0.25) is 10.1 Å². The minimum atomic E-state index is -0.860. The number of carbonyl (C=O) groups excluding carboxylic acids is 2. The Morgan fingerprint density at radius 3 is 2.82 bits per heavy atom. The summed E-state index contributed by atoms with van der Waals surface area (Å²) < 4.78 is 0. The van der Waals surface area contributed by atoms with E-state index >= 15 is 0 Å². The number of imide groups is 1. The number of rotatable bonds is 4. The smallest absolute Gasteiger partial charge is 0.318 e. The van der Waals surface area contributed by atoms with Crippen molar-refractivity contribution in [2.24, 2.45) is 5.73 Å². The summed E-state index contributed by atoms with van der Waals surface area (Å²) in [5, 5.41) is 4.92. The second-order valence-corrected chi connectivity index (χ2v) is 3.55. The number of urea groups is 1. The summed E-state index contributed by atoms with van der Waals surface area (Å²) in [5.41, 5.74) is 5.61. The summed E-state index contributed by atoms with van der Waals surface area (Å²) in [5.74, 6) is 0.196.